The lowest BCUT2D eigenvalue weighted by molar-refractivity contribution is -0.123. The number of carbonyl (C=O) groups excluding carboxylic acids is 2. The zero-order valence-electron chi connectivity index (χ0n) is 19.9. The van der Waals surface area contributed by atoms with Crippen molar-refractivity contribution in [2.75, 3.05) is 18.0 Å². The van der Waals surface area contributed by atoms with Crippen molar-refractivity contribution < 1.29 is 9.59 Å². The van der Waals surface area contributed by atoms with Gasteiger partial charge in [-0.25, -0.2) is 0 Å². The van der Waals surface area contributed by atoms with E-state index < -0.39 is 6.17 Å². The molecule has 0 saturated heterocycles. The largest absolute Gasteiger partial charge is 0.372 e. The maximum absolute atomic E-state index is 12.7. The van der Waals surface area contributed by atoms with Gasteiger partial charge < -0.3 is 15.5 Å². The Balaban J connectivity index is 1.69. The lowest BCUT2D eigenvalue weighted by atomic mass is 10.1. The SMILES string of the molecule is CCN(CC)c1ccc(/C=C/C(NC(=O)Cc2ccccc2)NC(=O)Cc2ccccc2)cc1. The lowest BCUT2D eigenvalue weighted by Crippen LogP contribution is -2.47. The van der Waals surface area contributed by atoms with Crippen molar-refractivity contribution in [1.82, 2.24) is 10.6 Å². The molecule has 3 rings (SSSR count). The molecule has 2 amide bonds. The van der Waals surface area contributed by atoms with Crippen LogP contribution in [0.15, 0.2) is 91.0 Å². The van der Waals surface area contributed by atoms with Crippen molar-refractivity contribution >= 4 is 23.6 Å². The highest BCUT2D eigenvalue weighted by Gasteiger charge is 2.13. The summed E-state index contributed by atoms with van der Waals surface area (Å²) in [5.74, 6) is -0.310. The van der Waals surface area contributed by atoms with Crippen LogP contribution in [0.4, 0.5) is 5.69 Å². The number of hydrogen-bond donors (Lipinski definition) is 2. The van der Waals surface area contributed by atoms with Crippen LogP contribution in [0.1, 0.15) is 30.5 Å². The molecule has 0 aliphatic carbocycles. The van der Waals surface area contributed by atoms with Gasteiger partial charge in [0.05, 0.1) is 12.8 Å². The first-order valence-corrected chi connectivity index (χ1v) is 11.8. The van der Waals surface area contributed by atoms with E-state index in [1.165, 1.54) is 5.69 Å². The van der Waals surface area contributed by atoms with E-state index in [1.807, 2.05) is 84.9 Å². The Morgan fingerprint density at radius 2 is 1.21 bits per heavy atom. The number of benzene rings is 3. The van der Waals surface area contributed by atoms with Crippen molar-refractivity contribution in [3.05, 3.63) is 108 Å². The molecule has 3 aromatic rings. The molecule has 0 fully saturated rings. The summed E-state index contributed by atoms with van der Waals surface area (Å²) in [6.45, 7) is 6.18. The van der Waals surface area contributed by atoms with E-state index in [-0.39, 0.29) is 24.7 Å². The zero-order chi connectivity index (χ0) is 24.2. The first kappa shape index (κ1) is 24.8. The molecule has 0 bridgehead atoms. The molecule has 0 unspecified atom stereocenters. The van der Waals surface area contributed by atoms with Gasteiger partial charge in [-0.15, -0.1) is 0 Å². The standard InChI is InChI=1S/C29H33N3O2/c1-3-32(4-2)26-18-15-23(16-19-26)17-20-27(30-28(33)21-24-11-7-5-8-12-24)31-29(34)22-25-13-9-6-10-14-25/h5-20,27H,3-4,21-22H2,1-2H3,(H,30,33)(H,31,34)/b20-17+. The molecule has 34 heavy (non-hydrogen) atoms. The predicted octanol–water partition coefficient (Wildman–Crippen LogP) is 4.59. The third kappa shape index (κ3) is 7.93. The van der Waals surface area contributed by atoms with Crippen LogP contribution in [0.2, 0.25) is 0 Å². The topological polar surface area (TPSA) is 61.4 Å². The average molecular weight is 456 g/mol. The van der Waals surface area contributed by atoms with E-state index >= 15 is 0 Å². The highest BCUT2D eigenvalue weighted by Crippen LogP contribution is 2.16. The van der Waals surface area contributed by atoms with Crippen molar-refractivity contribution in [2.45, 2.75) is 32.9 Å². The molecular formula is C29H33N3O2. The van der Waals surface area contributed by atoms with Crippen LogP contribution in [0, 0.1) is 0 Å². The van der Waals surface area contributed by atoms with E-state index in [9.17, 15) is 9.59 Å². The van der Waals surface area contributed by atoms with Crippen LogP contribution in [-0.2, 0) is 22.4 Å². The normalized spacial score (nSPS) is 10.9. The van der Waals surface area contributed by atoms with Gasteiger partial charge >= 0.3 is 0 Å². The Hall–Kier alpha value is -3.86. The molecule has 0 saturated carbocycles. The number of amides is 2. The van der Waals surface area contributed by atoms with Crippen molar-refractivity contribution in [1.29, 1.82) is 0 Å². The Labute approximate surface area is 202 Å². The fraction of sp³-hybridized carbons (Fsp3) is 0.241. The molecule has 5 heteroatoms. The fourth-order valence-electron chi connectivity index (χ4n) is 3.74. The summed E-state index contributed by atoms with van der Waals surface area (Å²) in [7, 11) is 0. The van der Waals surface area contributed by atoms with Gasteiger partial charge in [0.2, 0.25) is 11.8 Å². The minimum Gasteiger partial charge on any atom is -0.372 e. The summed E-state index contributed by atoms with van der Waals surface area (Å²) in [6.07, 6.45) is 3.62. The third-order valence-electron chi connectivity index (χ3n) is 5.55. The summed E-state index contributed by atoms with van der Waals surface area (Å²) < 4.78 is 0. The monoisotopic (exact) mass is 455 g/mol. The van der Waals surface area contributed by atoms with Gasteiger partial charge in [-0.05, 0) is 48.7 Å². The molecule has 0 aliphatic heterocycles. The Kier molecular flexibility index (Phi) is 9.47. The number of nitrogens with one attached hydrogen (secondary N) is 2. The Bertz CT molecular complexity index is 1000. The smallest absolute Gasteiger partial charge is 0.226 e. The molecule has 0 radical (unpaired) electrons. The third-order valence-corrected chi connectivity index (χ3v) is 5.55. The number of rotatable bonds is 11. The molecule has 0 aliphatic rings. The van der Waals surface area contributed by atoms with Crippen molar-refractivity contribution in [3.8, 4) is 0 Å². The van der Waals surface area contributed by atoms with Crippen LogP contribution in [0.5, 0.6) is 0 Å². The van der Waals surface area contributed by atoms with Gasteiger partial charge in [-0.3, -0.25) is 9.59 Å². The molecular weight excluding hydrogens is 422 g/mol. The first-order chi connectivity index (χ1) is 16.6. The van der Waals surface area contributed by atoms with E-state index in [2.05, 4.69) is 41.5 Å². The van der Waals surface area contributed by atoms with E-state index in [0.29, 0.717) is 0 Å². The average Bonchev–Trinajstić information content (AvgIpc) is 2.85. The van der Waals surface area contributed by atoms with Gasteiger partial charge in [0.15, 0.2) is 0 Å². The fourth-order valence-corrected chi connectivity index (χ4v) is 3.74. The van der Waals surface area contributed by atoms with Crippen LogP contribution in [-0.4, -0.2) is 31.1 Å². The van der Waals surface area contributed by atoms with Crippen LogP contribution < -0.4 is 15.5 Å². The number of nitrogens with zero attached hydrogens (tertiary/aromatic N) is 1. The first-order valence-electron chi connectivity index (χ1n) is 11.8. The van der Waals surface area contributed by atoms with Crippen molar-refractivity contribution in [2.24, 2.45) is 0 Å². The van der Waals surface area contributed by atoms with Crippen LogP contribution in [0.3, 0.4) is 0 Å². The van der Waals surface area contributed by atoms with Crippen LogP contribution >= 0.6 is 0 Å². The molecule has 0 aromatic heterocycles. The number of anilines is 1. The highest BCUT2D eigenvalue weighted by molar-refractivity contribution is 5.82. The minimum atomic E-state index is -0.616. The lowest BCUT2D eigenvalue weighted by Gasteiger charge is -2.21. The van der Waals surface area contributed by atoms with Gasteiger partial charge in [0, 0.05) is 18.8 Å². The van der Waals surface area contributed by atoms with Crippen LogP contribution in [0.25, 0.3) is 6.08 Å². The Morgan fingerprint density at radius 1 is 0.735 bits per heavy atom. The maximum Gasteiger partial charge on any atom is 0.226 e. The number of hydrogen-bond acceptors (Lipinski definition) is 3. The minimum absolute atomic E-state index is 0.155. The molecule has 0 heterocycles. The van der Waals surface area contributed by atoms with Gasteiger partial charge in [-0.1, -0.05) is 78.9 Å². The number of carbonyl (C=O) groups is 2. The predicted molar refractivity (Wildman–Crippen MR) is 139 cm³/mol. The van der Waals surface area contributed by atoms with Gasteiger partial charge in [-0.2, -0.15) is 0 Å². The molecule has 0 spiro atoms. The van der Waals surface area contributed by atoms with E-state index in [4.69, 9.17) is 0 Å². The van der Waals surface area contributed by atoms with E-state index in [1.54, 1.807) is 0 Å². The second-order valence-electron chi connectivity index (χ2n) is 8.06. The maximum atomic E-state index is 12.7. The summed E-state index contributed by atoms with van der Waals surface area (Å²) >= 11 is 0. The Morgan fingerprint density at radius 3 is 1.65 bits per heavy atom. The molecule has 5 nitrogen and oxygen atoms in total. The molecule has 0 atom stereocenters. The zero-order valence-corrected chi connectivity index (χ0v) is 19.9. The van der Waals surface area contributed by atoms with Crippen molar-refractivity contribution in [3.63, 3.8) is 0 Å². The molecule has 176 valence electrons. The summed E-state index contributed by atoms with van der Waals surface area (Å²) in [5, 5.41) is 5.87. The second kappa shape index (κ2) is 13.0. The van der Waals surface area contributed by atoms with Gasteiger partial charge in [0.1, 0.15) is 6.17 Å². The summed E-state index contributed by atoms with van der Waals surface area (Å²) in [4.78, 5) is 27.6. The van der Waals surface area contributed by atoms with E-state index in [0.717, 1.165) is 29.8 Å². The molecule has 2 N–H and O–H groups in total. The quantitative estimate of drug-likeness (QED) is 0.416. The van der Waals surface area contributed by atoms with Gasteiger partial charge in [0.25, 0.3) is 0 Å². The highest BCUT2D eigenvalue weighted by atomic mass is 16.2. The second-order valence-corrected chi connectivity index (χ2v) is 8.06. The summed E-state index contributed by atoms with van der Waals surface area (Å²) in [6, 6.07) is 27.4. The molecule has 3 aromatic carbocycles. The summed E-state index contributed by atoms with van der Waals surface area (Å²) in [5.41, 5.74) is 4.01.